The molecule has 0 bridgehead atoms. The highest BCUT2D eigenvalue weighted by Gasteiger charge is 2.19. The van der Waals surface area contributed by atoms with Gasteiger partial charge in [-0.15, -0.1) is 0 Å². The topological polar surface area (TPSA) is 72.2 Å². The van der Waals surface area contributed by atoms with E-state index in [2.05, 4.69) is 5.32 Å². The van der Waals surface area contributed by atoms with Crippen LogP contribution in [-0.2, 0) is 4.74 Å². The van der Waals surface area contributed by atoms with Gasteiger partial charge in [0.2, 0.25) is 0 Å². The predicted molar refractivity (Wildman–Crippen MR) is 98.7 cm³/mol. The third-order valence-corrected chi connectivity index (χ3v) is 4.32. The minimum Gasteiger partial charge on any atom is -1.00 e. The van der Waals surface area contributed by atoms with Crippen LogP contribution in [0.2, 0.25) is 0 Å². The van der Waals surface area contributed by atoms with Crippen LogP contribution < -0.4 is 27.4 Å². The Labute approximate surface area is 165 Å². The average molecular weight is 393 g/mol. The van der Waals surface area contributed by atoms with Crippen molar-refractivity contribution in [3.63, 3.8) is 0 Å². The van der Waals surface area contributed by atoms with E-state index in [1.165, 1.54) is 4.90 Å². The number of amides is 1. The molecule has 0 radical (unpaired) electrons. The van der Waals surface area contributed by atoms with Crippen LogP contribution in [0.4, 0.5) is 5.69 Å². The molecule has 1 aliphatic heterocycles. The lowest BCUT2D eigenvalue weighted by Crippen LogP contribution is -3.15. The van der Waals surface area contributed by atoms with Gasteiger partial charge >= 0.3 is 0 Å². The number of anilines is 1. The maximum absolute atomic E-state index is 12.5. The number of halogens is 1. The number of rotatable bonds is 7. The predicted octanol–water partition coefficient (Wildman–Crippen LogP) is -2.40. The summed E-state index contributed by atoms with van der Waals surface area (Å²) in [6.45, 7) is 4.01. The molecule has 27 heavy (non-hydrogen) atoms. The van der Waals surface area contributed by atoms with E-state index in [0.29, 0.717) is 17.9 Å². The largest absolute Gasteiger partial charge is 1.00 e. The zero-order valence-corrected chi connectivity index (χ0v) is 15.8. The highest BCUT2D eigenvalue weighted by atomic mass is 35.5. The van der Waals surface area contributed by atoms with E-state index >= 15 is 0 Å². The van der Waals surface area contributed by atoms with Gasteiger partial charge in [-0.25, -0.2) is 0 Å². The fourth-order valence-corrected chi connectivity index (χ4v) is 2.94. The molecule has 0 saturated carbocycles. The van der Waals surface area contributed by atoms with Crippen molar-refractivity contribution in [3.8, 4) is 5.75 Å². The summed E-state index contributed by atoms with van der Waals surface area (Å²) >= 11 is 0. The zero-order valence-electron chi connectivity index (χ0n) is 15.1. The molecule has 2 aromatic rings. The molecule has 1 fully saturated rings. The first kappa shape index (κ1) is 21.2. The third kappa shape index (κ3) is 6.52. The summed E-state index contributed by atoms with van der Waals surface area (Å²) in [6, 6.07) is 16.3. The Balaban J connectivity index is 0.00000261. The summed E-state index contributed by atoms with van der Waals surface area (Å²) in [5.74, 6) is 0.233. The second-order valence-electron chi connectivity index (χ2n) is 6.35. The summed E-state index contributed by atoms with van der Waals surface area (Å²) < 4.78 is 11.1. The fraction of sp³-hybridized carbons (Fsp3) is 0.350. The Bertz CT molecular complexity index is 708. The van der Waals surface area contributed by atoms with E-state index in [1.54, 1.807) is 18.2 Å². The Morgan fingerprint density at radius 3 is 2.52 bits per heavy atom. The van der Waals surface area contributed by atoms with Crippen LogP contribution >= 0.6 is 0 Å². The van der Waals surface area contributed by atoms with Gasteiger partial charge in [0, 0.05) is 5.69 Å². The number of carbonyl (C=O) groups excluding carboxylic acids is 1. The summed E-state index contributed by atoms with van der Waals surface area (Å²) in [7, 11) is 0. The molecular weight excluding hydrogens is 368 g/mol. The lowest BCUT2D eigenvalue weighted by Gasteiger charge is -2.25. The molecular formula is C20H25ClN2O4. The van der Waals surface area contributed by atoms with E-state index in [1.807, 2.05) is 36.4 Å². The number of quaternary nitrogens is 1. The first-order chi connectivity index (χ1) is 12.7. The van der Waals surface area contributed by atoms with Crippen molar-refractivity contribution in [2.45, 2.75) is 6.10 Å². The Hall–Kier alpha value is -2.12. The van der Waals surface area contributed by atoms with Gasteiger partial charge in [0.15, 0.2) is 0 Å². The number of nitrogens with one attached hydrogen (secondary N) is 2. The number of ether oxygens (including phenoxy) is 2. The number of carbonyl (C=O) groups is 1. The van der Waals surface area contributed by atoms with Gasteiger partial charge in [-0.3, -0.25) is 4.79 Å². The quantitative estimate of drug-likeness (QED) is 0.491. The van der Waals surface area contributed by atoms with Crippen LogP contribution in [0.15, 0.2) is 54.6 Å². The van der Waals surface area contributed by atoms with Crippen molar-refractivity contribution in [2.75, 3.05) is 44.8 Å². The van der Waals surface area contributed by atoms with Crippen LogP contribution in [-0.4, -0.2) is 56.6 Å². The van der Waals surface area contributed by atoms with Crippen molar-refractivity contribution >= 4 is 11.6 Å². The normalized spacial score (nSPS) is 15.4. The van der Waals surface area contributed by atoms with Crippen LogP contribution in [0.25, 0.3) is 0 Å². The monoisotopic (exact) mass is 392 g/mol. The molecule has 1 amide bonds. The molecule has 7 heteroatoms. The summed E-state index contributed by atoms with van der Waals surface area (Å²) in [5, 5.41) is 13.1. The van der Waals surface area contributed by atoms with E-state index in [9.17, 15) is 9.90 Å². The second-order valence-corrected chi connectivity index (χ2v) is 6.35. The molecule has 2 aromatic carbocycles. The lowest BCUT2D eigenvalue weighted by molar-refractivity contribution is -0.911. The third-order valence-electron chi connectivity index (χ3n) is 4.32. The van der Waals surface area contributed by atoms with Crippen LogP contribution in [0.1, 0.15) is 10.4 Å². The van der Waals surface area contributed by atoms with E-state index in [0.717, 1.165) is 32.0 Å². The van der Waals surface area contributed by atoms with Gasteiger partial charge in [-0.2, -0.15) is 0 Å². The van der Waals surface area contributed by atoms with Gasteiger partial charge < -0.3 is 37.2 Å². The molecule has 146 valence electrons. The van der Waals surface area contributed by atoms with Crippen molar-refractivity contribution in [1.29, 1.82) is 0 Å². The highest BCUT2D eigenvalue weighted by molar-refractivity contribution is 6.06. The number of hydrogen-bond donors (Lipinski definition) is 3. The maximum atomic E-state index is 12.5. The van der Waals surface area contributed by atoms with Crippen molar-refractivity contribution in [1.82, 2.24) is 0 Å². The van der Waals surface area contributed by atoms with Crippen LogP contribution in [0.5, 0.6) is 5.75 Å². The van der Waals surface area contributed by atoms with Crippen LogP contribution in [0, 0.1) is 0 Å². The van der Waals surface area contributed by atoms with Crippen molar-refractivity contribution in [2.24, 2.45) is 0 Å². The molecule has 3 N–H and O–H groups in total. The SMILES string of the molecule is O=C(Nc1ccccc1)c1ccccc1OCC(O)C[NH+]1CCOCC1.[Cl-]. The Morgan fingerprint density at radius 2 is 1.78 bits per heavy atom. The van der Waals surface area contributed by atoms with Crippen molar-refractivity contribution < 1.29 is 36.7 Å². The number of hydrogen-bond acceptors (Lipinski definition) is 4. The van der Waals surface area contributed by atoms with E-state index < -0.39 is 6.10 Å². The van der Waals surface area contributed by atoms with E-state index in [4.69, 9.17) is 9.47 Å². The lowest BCUT2D eigenvalue weighted by atomic mass is 10.2. The van der Waals surface area contributed by atoms with Gasteiger partial charge in [-0.05, 0) is 24.3 Å². The number of aliphatic hydroxyl groups excluding tert-OH is 1. The molecule has 1 aliphatic rings. The summed E-state index contributed by atoms with van der Waals surface area (Å²) in [6.07, 6.45) is -0.589. The molecule has 0 spiro atoms. The van der Waals surface area contributed by atoms with Gasteiger partial charge in [0.05, 0.1) is 18.8 Å². The molecule has 0 aromatic heterocycles. The standard InChI is InChI=1S/C20H24N2O4.ClH/c23-17(14-22-10-12-25-13-11-22)15-26-19-9-5-4-8-18(19)20(24)21-16-6-2-1-3-7-16;/h1-9,17,23H,10-15H2,(H,21,24);1H. The molecule has 3 rings (SSSR count). The molecule has 1 heterocycles. The summed E-state index contributed by atoms with van der Waals surface area (Å²) in [4.78, 5) is 13.8. The second kappa shape index (κ2) is 10.9. The number of benzene rings is 2. The summed E-state index contributed by atoms with van der Waals surface area (Å²) in [5.41, 5.74) is 1.17. The zero-order chi connectivity index (χ0) is 18.2. The molecule has 1 saturated heterocycles. The van der Waals surface area contributed by atoms with Crippen molar-refractivity contribution in [3.05, 3.63) is 60.2 Å². The first-order valence-corrected chi connectivity index (χ1v) is 8.90. The fourth-order valence-electron chi connectivity index (χ4n) is 2.94. The van der Waals surface area contributed by atoms with E-state index in [-0.39, 0.29) is 24.9 Å². The van der Waals surface area contributed by atoms with Gasteiger partial charge in [0.25, 0.3) is 5.91 Å². The molecule has 6 nitrogen and oxygen atoms in total. The Morgan fingerprint density at radius 1 is 1.11 bits per heavy atom. The number of para-hydroxylation sites is 2. The minimum absolute atomic E-state index is 0. The Kier molecular flexibility index (Phi) is 8.54. The smallest absolute Gasteiger partial charge is 0.259 e. The number of morpholine rings is 1. The van der Waals surface area contributed by atoms with Crippen LogP contribution in [0.3, 0.4) is 0 Å². The first-order valence-electron chi connectivity index (χ1n) is 8.90. The van der Waals surface area contributed by atoms with Gasteiger partial charge in [-0.1, -0.05) is 30.3 Å². The minimum atomic E-state index is -0.589. The van der Waals surface area contributed by atoms with Gasteiger partial charge in [0.1, 0.15) is 38.1 Å². The molecule has 0 aliphatic carbocycles. The highest BCUT2D eigenvalue weighted by Crippen LogP contribution is 2.20. The average Bonchev–Trinajstić information content (AvgIpc) is 2.68. The number of aliphatic hydroxyl groups is 1. The maximum Gasteiger partial charge on any atom is 0.259 e. The molecule has 1 unspecified atom stereocenters. The molecule has 1 atom stereocenters.